The van der Waals surface area contributed by atoms with Crippen LogP contribution in [-0.2, 0) is 11.2 Å². The van der Waals surface area contributed by atoms with E-state index in [9.17, 15) is 4.79 Å². The molecule has 1 aliphatic carbocycles. The fraction of sp³-hybridized carbons (Fsp3) is 0.647. The Bertz CT molecular complexity index is 442. The van der Waals surface area contributed by atoms with Gasteiger partial charge < -0.3 is 5.32 Å². The Kier molecular flexibility index (Phi) is 4.79. The highest BCUT2D eigenvalue weighted by molar-refractivity contribution is 5.79. The SMILES string of the molecule is C[C@H]1CCCC(C)(C)C1C(=O)NCCc1ccccn1. The van der Waals surface area contributed by atoms with Gasteiger partial charge in [-0.05, 0) is 36.3 Å². The highest BCUT2D eigenvalue weighted by atomic mass is 16.1. The molecule has 0 spiro atoms. The minimum atomic E-state index is 0.118. The Morgan fingerprint density at radius 1 is 1.45 bits per heavy atom. The lowest BCUT2D eigenvalue weighted by Crippen LogP contribution is -2.45. The summed E-state index contributed by atoms with van der Waals surface area (Å²) >= 11 is 0. The van der Waals surface area contributed by atoms with Crippen LogP contribution in [0.25, 0.3) is 0 Å². The van der Waals surface area contributed by atoms with Gasteiger partial charge in [-0.1, -0.05) is 33.3 Å². The number of hydrogen-bond donors (Lipinski definition) is 1. The van der Waals surface area contributed by atoms with Gasteiger partial charge in [-0.2, -0.15) is 0 Å². The first-order chi connectivity index (χ1) is 9.50. The van der Waals surface area contributed by atoms with E-state index in [0.717, 1.165) is 18.5 Å². The van der Waals surface area contributed by atoms with Gasteiger partial charge in [0.05, 0.1) is 0 Å². The summed E-state index contributed by atoms with van der Waals surface area (Å²) in [6.45, 7) is 7.34. The average Bonchev–Trinajstić information content (AvgIpc) is 2.38. The second kappa shape index (κ2) is 6.38. The number of pyridine rings is 1. The highest BCUT2D eigenvalue weighted by Gasteiger charge is 2.41. The van der Waals surface area contributed by atoms with Crippen LogP contribution in [0.2, 0.25) is 0 Å². The zero-order chi connectivity index (χ0) is 14.6. The summed E-state index contributed by atoms with van der Waals surface area (Å²) in [5.41, 5.74) is 1.15. The lowest BCUT2D eigenvalue weighted by Gasteiger charge is -2.41. The van der Waals surface area contributed by atoms with Crippen LogP contribution in [0.5, 0.6) is 0 Å². The van der Waals surface area contributed by atoms with Gasteiger partial charge >= 0.3 is 0 Å². The Hall–Kier alpha value is -1.38. The first-order valence-corrected chi connectivity index (χ1v) is 7.68. The largest absolute Gasteiger partial charge is 0.355 e. The van der Waals surface area contributed by atoms with E-state index in [4.69, 9.17) is 0 Å². The fourth-order valence-electron chi connectivity index (χ4n) is 3.56. The fourth-order valence-corrected chi connectivity index (χ4v) is 3.56. The molecule has 1 aliphatic rings. The molecule has 1 fully saturated rings. The van der Waals surface area contributed by atoms with Crippen LogP contribution in [0.1, 0.15) is 45.7 Å². The Labute approximate surface area is 122 Å². The molecule has 3 heteroatoms. The van der Waals surface area contributed by atoms with Crippen molar-refractivity contribution in [1.29, 1.82) is 0 Å². The molecule has 2 atom stereocenters. The third kappa shape index (κ3) is 3.59. The molecule has 0 bridgehead atoms. The lowest BCUT2D eigenvalue weighted by atomic mass is 9.64. The third-order valence-electron chi connectivity index (χ3n) is 4.58. The smallest absolute Gasteiger partial charge is 0.223 e. The van der Waals surface area contributed by atoms with Gasteiger partial charge in [0.2, 0.25) is 5.91 Å². The van der Waals surface area contributed by atoms with Gasteiger partial charge in [0.1, 0.15) is 0 Å². The van der Waals surface area contributed by atoms with Crippen LogP contribution in [0, 0.1) is 17.3 Å². The maximum atomic E-state index is 12.5. The first kappa shape index (κ1) is 15.0. The molecular formula is C17H26N2O. The predicted molar refractivity (Wildman–Crippen MR) is 81.2 cm³/mol. The van der Waals surface area contributed by atoms with Crippen molar-refractivity contribution in [2.45, 2.75) is 46.5 Å². The summed E-state index contributed by atoms with van der Waals surface area (Å²) in [7, 11) is 0. The number of carbonyl (C=O) groups is 1. The second-order valence-electron chi connectivity index (χ2n) is 6.70. The molecule has 0 aliphatic heterocycles. The molecule has 0 aromatic carbocycles. The van der Waals surface area contributed by atoms with Gasteiger partial charge in [0.25, 0.3) is 0 Å². The summed E-state index contributed by atoms with van der Waals surface area (Å²) in [6, 6.07) is 5.89. The molecular weight excluding hydrogens is 248 g/mol. The van der Waals surface area contributed by atoms with Crippen molar-refractivity contribution < 1.29 is 4.79 Å². The second-order valence-corrected chi connectivity index (χ2v) is 6.70. The van der Waals surface area contributed by atoms with Gasteiger partial charge in [-0.15, -0.1) is 0 Å². The molecule has 1 heterocycles. The molecule has 0 saturated heterocycles. The molecule has 1 N–H and O–H groups in total. The number of aromatic nitrogens is 1. The van der Waals surface area contributed by atoms with Crippen molar-refractivity contribution in [3.63, 3.8) is 0 Å². The monoisotopic (exact) mass is 274 g/mol. The minimum Gasteiger partial charge on any atom is -0.355 e. The number of rotatable bonds is 4. The molecule has 1 aromatic rings. The lowest BCUT2D eigenvalue weighted by molar-refractivity contribution is -0.132. The average molecular weight is 274 g/mol. The van der Waals surface area contributed by atoms with Gasteiger partial charge in [0.15, 0.2) is 0 Å². The standard InChI is InChI=1S/C17H26N2O/c1-13-7-6-10-17(2,3)15(13)16(20)19-12-9-14-8-4-5-11-18-14/h4-5,8,11,13,15H,6-7,9-10,12H2,1-3H3,(H,19,20)/t13-,15?/m0/s1. The summed E-state index contributed by atoms with van der Waals surface area (Å²) in [4.78, 5) is 16.8. The van der Waals surface area contributed by atoms with Crippen molar-refractivity contribution in [3.05, 3.63) is 30.1 Å². The van der Waals surface area contributed by atoms with E-state index in [1.165, 1.54) is 12.8 Å². The number of nitrogens with zero attached hydrogens (tertiary/aromatic N) is 1. The Balaban J connectivity index is 1.87. The predicted octanol–water partition coefficient (Wildman–Crippen LogP) is 3.20. The van der Waals surface area contributed by atoms with Gasteiger partial charge in [-0.25, -0.2) is 0 Å². The zero-order valence-electron chi connectivity index (χ0n) is 12.9. The molecule has 1 unspecified atom stereocenters. The molecule has 110 valence electrons. The molecule has 1 aromatic heterocycles. The summed E-state index contributed by atoms with van der Waals surface area (Å²) in [6.07, 6.45) is 6.15. The van der Waals surface area contributed by atoms with Crippen molar-refractivity contribution >= 4 is 5.91 Å². The topological polar surface area (TPSA) is 42.0 Å². The van der Waals surface area contributed by atoms with Crippen molar-refractivity contribution in [2.75, 3.05) is 6.54 Å². The third-order valence-corrected chi connectivity index (χ3v) is 4.58. The number of carbonyl (C=O) groups excluding carboxylic acids is 1. The molecule has 3 nitrogen and oxygen atoms in total. The maximum Gasteiger partial charge on any atom is 0.223 e. The molecule has 1 amide bonds. The van der Waals surface area contributed by atoms with Crippen LogP contribution in [0.15, 0.2) is 24.4 Å². The summed E-state index contributed by atoms with van der Waals surface area (Å²) < 4.78 is 0. The van der Waals surface area contributed by atoms with E-state index >= 15 is 0 Å². The van der Waals surface area contributed by atoms with E-state index in [0.29, 0.717) is 12.5 Å². The van der Waals surface area contributed by atoms with Crippen LogP contribution in [0.4, 0.5) is 0 Å². The zero-order valence-corrected chi connectivity index (χ0v) is 12.9. The quantitative estimate of drug-likeness (QED) is 0.916. The van der Waals surface area contributed by atoms with Crippen molar-refractivity contribution in [3.8, 4) is 0 Å². The van der Waals surface area contributed by atoms with Crippen LogP contribution in [0.3, 0.4) is 0 Å². The Morgan fingerprint density at radius 3 is 2.90 bits per heavy atom. The van der Waals surface area contributed by atoms with Crippen molar-refractivity contribution in [2.24, 2.45) is 17.3 Å². The van der Waals surface area contributed by atoms with Crippen LogP contribution < -0.4 is 5.32 Å². The molecule has 2 rings (SSSR count). The number of hydrogen-bond acceptors (Lipinski definition) is 2. The minimum absolute atomic E-state index is 0.118. The van der Waals surface area contributed by atoms with E-state index in [-0.39, 0.29) is 17.2 Å². The number of nitrogens with one attached hydrogen (secondary N) is 1. The van der Waals surface area contributed by atoms with Crippen LogP contribution in [-0.4, -0.2) is 17.4 Å². The molecule has 0 radical (unpaired) electrons. The Morgan fingerprint density at radius 2 is 2.25 bits per heavy atom. The van der Waals surface area contributed by atoms with E-state index < -0.39 is 0 Å². The summed E-state index contributed by atoms with van der Waals surface area (Å²) in [5.74, 6) is 0.840. The summed E-state index contributed by atoms with van der Waals surface area (Å²) in [5, 5.41) is 3.11. The maximum absolute atomic E-state index is 12.5. The normalized spacial score (nSPS) is 25.1. The van der Waals surface area contributed by atoms with Crippen molar-refractivity contribution in [1.82, 2.24) is 10.3 Å². The number of amides is 1. The van der Waals surface area contributed by atoms with E-state index in [1.54, 1.807) is 6.20 Å². The highest BCUT2D eigenvalue weighted by Crippen LogP contribution is 2.43. The molecule has 20 heavy (non-hydrogen) atoms. The van der Waals surface area contributed by atoms with E-state index in [2.05, 4.69) is 31.1 Å². The van der Waals surface area contributed by atoms with E-state index in [1.807, 2.05) is 18.2 Å². The van der Waals surface area contributed by atoms with Gasteiger partial charge in [0, 0.05) is 30.8 Å². The van der Waals surface area contributed by atoms with Crippen LogP contribution >= 0.6 is 0 Å². The first-order valence-electron chi connectivity index (χ1n) is 7.68. The molecule has 1 saturated carbocycles. The van der Waals surface area contributed by atoms with Gasteiger partial charge in [-0.3, -0.25) is 9.78 Å².